The number of nitrogens with zero attached hydrogens (tertiary/aromatic N) is 1. The van der Waals surface area contributed by atoms with E-state index in [9.17, 15) is 9.18 Å². The molecule has 0 saturated carbocycles. The zero-order chi connectivity index (χ0) is 16.7. The van der Waals surface area contributed by atoms with Crippen molar-refractivity contribution >= 4 is 28.3 Å². The molecule has 0 radical (unpaired) electrons. The lowest BCUT2D eigenvalue weighted by Crippen LogP contribution is -2.11. The summed E-state index contributed by atoms with van der Waals surface area (Å²) < 4.78 is 15.9. The van der Waals surface area contributed by atoms with Gasteiger partial charge in [-0.2, -0.15) is 0 Å². The number of halogens is 1. The van der Waals surface area contributed by atoms with E-state index in [1.165, 1.54) is 12.1 Å². The molecule has 1 aromatic heterocycles. The van der Waals surface area contributed by atoms with Gasteiger partial charge in [-0.1, -0.05) is 30.3 Å². The molecule has 4 rings (SSSR count). The number of rotatable bonds is 2. The van der Waals surface area contributed by atoms with E-state index in [1.807, 2.05) is 18.2 Å². The van der Waals surface area contributed by atoms with Crippen LogP contribution in [0.5, 0.6) is 0 Å². The minimum absolute atomic E-state index is 0.0289. The summed E-state index contributed by atoms with van der Waals surface area (Å²) >= 11 is 0. The van der Waals surface area contributed by atoms with E-state index >= 15 is 0 Å². The van der Waals surface area contributed by atoms with Crippen LogP contribution in [-0.2, 0) is 6.54 Å². The number of hydrogen-bond donors (Lipinski definition) is 0. The third-order valence-electron chi connectivity index (χ3n) is 4.65. The lowest BCUT2D eigenvalue weighted by atomic mass is 9.95. The van der Waals surface area contributed by atoms with Gasteiger partial charge in [0.2, 0.25) is 0 Å². The van der Waals surface area contributed by atoms with E-state index in [0.29, 0.717) is 5.56 Å². The molecule has 0 bridgehead atoms. The van der Waals surface area contributed by atoms with E-state index in [-0.39, 0.29) is 11.6 Å². The average Bonchev–Trinajstić information content (AvgIpc) is 2.91. The number of allylic oxidation sites excluding steroid dienone is 1. The Kier molecular flexibility index (Phi) is 3.57. The lowest BCUT2D eigenvalue weighted by molar-refractivity contribution is 0.101. The maximum Gasteiger partial charge on any atom is 0.162 e. The van der Waals surface area contributed by atoms with Crippen molar-refractivity contribution in [2.45, 2.75) is 26.3 Å². The Morgan fingerprint density at radius 3 is 2.71 bits per heavy atom. The molecule has 3 aromatic rings. The largest absolute Gasteiger partial charge is 0.340 e. The Bertz CT molecular complexity index is 966. The SMILES string of the molecule is CC(=O)c1c2n(c3cc(F)ccc13)CCC/C2=C\c1ccccc1. The van der Waals surface area contributed by atoms with Gasteiger partial charge in [0.1, 0.15) is 5.82 Å². The first-order chi connectivity index (χ1) is 11.6. The van der Waals surface area contributed by atoms with Crippen LogP contribution < -0.4 is 0 Å². The normalized spacial score (nSPS) is 15.7. The van der Waals surface area contributed by atoms with Crippen molar-refractivity contribution in [2.24, 2.45) is 0 Å². The number of carbonyl (C=O) groups is 1. The van der Waals surface area contributed by atoms with E-state index in [2.05, 4.69) is 22.8 Å². The Balaban J connectivity index is 2.02. The molecule has 2 heterocycles. The Morgan fingerprint density at radius 2 is 1.96 bits per heavy atom. The highest BCUT2D eigenvalue weighted by molar-refractivity contribution is 6.12. The van der Waals surface area contributed by atoms with Crippen molar-refractivity contribution in [1.29, 1.82) is 0 Å². The second kappa shape index (κ2) is 5.75. The third-order valence-corrected chi connectivity index (χ3v) is 4.65. The van der Waals surface area contributed by atoms with Gasteiger partial charge in [-0.25, -0.2) is 4.39 Å². The molecule has 24 heavy (non-hydrogen) atoms. The predicted molar refractivity (Wildman–Crippen MR) is 95.4 cm³/mol. The molecule has 0 aliphatic carbocycles. The van der Waals surface area contributed by atoms with Crippen LogP contribution in [0, 0.1) is 5.82 Å². The fraction of sp³-hybridized carbons (Fsp3) is 0.190. The van der Waals surface area contributed by atoms with Crippen LogP contribution in [0.25, 0.3) is 22.6 Å². The van der Waals surface area contributed by atoms with Crippen molar-refractivity contribution in [2.75, 3.05) is 0 Å². The molecule has 0 unspecified atom stereocenters. The number of fused-ring (bicyclic) bond motifs is 3. The first-order valence-corrected chi connectivity index (χ1v) is 8.24. The van der Waals surface area contributed by atoms with Crippen LogP contribution in [0.2, 0.25) is 0 Å². The maximum atomic E-state index is 13.7. The topological polar surface area (TPSA) is 22.0 Å². The summed E-state index contributed by atoms with van der Waals surface area (Å²) in [6.07, 6.45) is 4.06. The van der Waals surface area contributed by atoms with Crippen LogP contribution in [0.4, 0.5) is 4.39 Å². The number of benzene rings is 2. The zero-order valence-electron chi connectivity index (χ0n) is 13.6. The number of Topliss-reactive ketones (excluding diaryl/α,β-unsaturated/α-hetero) is 1. The maximum absolute atomic E-state index is 13.7. The second-order valence-corrected chi connectivity index (χ2v) is 6.28. The monoisotopic (exact) mass is 319 g/mol. The summed E-state index contributed by atoms with van der Waals surface area (Å²) in [4.78, 5) is 12.3. The van der Waals surface area contributed by atoms with Crippen LogP contribution in [0.1, 0.15) is 41.4 Å². The van der Waals surface area contributed by atoms with Crippen molar-refractivity contribution in [3.63, 3.8) is 0 Å². The van der Waals surface area contributed by atoms with Crippen molar-refractivity contribution in [3.05, 3.63) is 71.2 Å². The summed E-state index contributed by atoms with van der Waals surface area (Å²) in [5, 5.41) is 0.847. The lowest BCUT2D eigenvalue weighted by Gasteiger charge is -2.20. The van der Waals surface area contributed by atoms with Crippen molar-refractivity contribution < 1.29 is 9.18 Å². The molecule has 3 heteroatoms. The molecule has 120 valence electrons. The van der Waals surface area contributed by atoms with Gasteiger partial charge in [0, 0.05) is 11.9 Å². The fourth-order valence-electron chi connectivity index (χ4n) is 3.68. The molecule has 0 amide bonds. The minimum Gasteiger partial charge on any atom is -0.340 e. The molecule has 1 aliphatic heterocycles. The van der Waals surface area contributed by atoms with Gasteiger partial charge in [-0.3, -0.25) is 4.79 Å². The standard InChI is InChI=1S/C21H18FNO/c1-14(24)20-18-10-9-17(22)13-19(18)23-11-5-8-16(21(20)23)12-15-6-3-2-4-7-15/h2-4,6-7,9-10,12-13H,5,8,11H2,1H3/b16-12+. The van der Waals surface area contributed by atoms with Gasteiger partial charge in [0.05, 0.1) is 16.8 Å². The first kappa shape index (κ1) is 14.9. The fourth-order valence-corrected chi connectivity index (χ4v) is 3.68. The van der Waals surface area contributed by atoms with Crippen LogP contribution >= 0.6 is 0 Å². The molecule has 0 atom stereocenters. The summed E-state index contributed by atoms with van der Waals surface area (Å²) in [6, 6.07) is 14.8. The van der Waals surface area contributed by atoms with Gasteiger partial charge >= 0.3 is 0 Å². The highest BCUT2D eigenvalue weighted by Gasteiger charge is 2.25. The van der Waals surface area contributed by atoms with Crippen molar-refractivity contribution in [3.8, 4) is 0 Å². The predicted octanol–water partition coefficient (Wildman–Crippen LogP) is 5.32. The van der Waals surface area contributed by atoms with Gasteiger partial charge in [-0.05, 0) is 55.2 Å². The van der Waals surface area contributed by atoms with Gasteiger partial charge < -0.3 is 4.57 Å². The first-order valence-electron chi connectivity index (χ1n) is 8.24. The van der Waals surface area contributed by atoms with E-state index in [1.54, 1.807) is 13.0 Å². The van der Waals surface area contributed by atoms with Gasteiger partial charge in [0.25, 0.3) is 0 Å². The second-order valence-electron chi connectivity index (χ2n) is 6.28. The summed E-state index contributed by atoms with van der Waals surface area (Å²) in [7, 11) is 0. The van der Waals surface area contributed by atoms with Crippen LogP contribution in [0.15, 0.2) is 48.5 Å². The Hall–Kier alpha value is -2.68. The highest BCUT2D eigenvalue weighted by atomic mass is 19.1. The number of aryl methyl sites for hydroxylation is 1. The summed E-state index contributed by atoms with van der Waals surface area (Å²) in [5.74, 6) is -0.238. The Morgan fingerprint density at radius 1 is 1.17 bits per heavy atom. The van der Waals surface area contributed by atoms with Crippen molar-refractivity contribution in [1.82, 2.24) is 4.57 Å². The summed E-state index contributed by atoms with van der Waals surface area (Å²) in [5.41, 5.74) is 4.75. The number of hydrogen-bond acceptors (Lipinski definition) is 1. The smallest absolute Gasteiger partial charge is 0.162 e. The van der Waals surface area contributed by atoms with Gasteiger partial charge in [0.15, 0.2) is 5.78 Å². The van der Waals surface area contributed by atoms with E-state index < -0.39 is 0 Å². The van der Waals surface area contributed by atoms with Crippen LogP contribution in [-0.4, -0.2) is 10.4 Å². The molecule has 2 aromatic carbocycles. The number of carbonyl (C=O) groups excluding carboxylic acids is 1. The average molecular weight is 319 g/mol. The number of ketones is 1. The van der Waals surface area contributed by atoms with E-state index in [4.69, 9.17) is 0 Å². The molecular formula is C21H18FNO. The minimum atomic E-state index is -0.267. The van der Waals surface area contributed by atoms with Gasteiger partial charge in [-0.15, -0.1) is 0 Å². The molecule has 0 saturated heterocycles. The van der Waals surface area contributed by atoms with E-state index in [0.717, 1.165) is 47.1 Å². The molecule has 0 fully saturated rings. The number of aromatic nitrogens is 1. The molecular weight excluding hydrogens is 301 g/mol. The molecule has 0 N–H and O–H groups in total. The Labute approximate surface area is 140 Å². The molecule has 2 nitrogen and oxygen atoms in total. The quantitative estimate of drug-likeness (QED) is 0.586. The zero-order valence-corrected chi connectivity index (χ0v) is 13.6. The molecule has 1 aliphatic rings. The molecule has 0 spiro atoms. The third kappa shape index (κ3) is 2.37. The summed E-state index contributed by atoms with van der Waals surface area (Å²) in [6.45, 7) is 2.41. The highest BCUT2D eigenvalue weighted by Crippen LogP contribution is 2.38. The van der Waals surface area contributed by atoms with Crippen LogP contribution in [0.3, 0.4) is 0 Å².